The highest BCUT2D eigenvalue weighted by Gasteiger charge is 2.02. The van der Waals surface area contributed by atoms with Crippen molar-refractivity contribution in [3.63, 3.8) is 0 Å². The van der Waals surface area contributed by atoms with Crippen LogP contribution >= 0.6 is 0 Å². The van der Waals surface area contributed by atoms with Gasteiger partial charge in [-0.1, -0.05) is 26.7 Å². The molecule has 1 rings (SSSR count). The summed E-state index contributed by atoms with van der Waals surface area (Å²) in [5, 5.41) is 0. The van der Waals surface area contributed by atoms with Crippen LogP contribution in [0.2, 0.25) is 0 Å². The first-order valence-electron chi connectivity index (χ1n) is 5.25. The molecule has 1 aromatic rings. The molecule has 0 aliphatic rings. The molecule has 0 radical (unpaired) electrons. The highest BCUT2D eigenvalue weighted by Crippen LogP contribution is 2.15. The van der Waals surface area contributed by atoms with E-state index in [4.69, 9.17) is 0 Å². The van der Waals surface area contributed by atoms with E-state index in [1.54, 1.807) is 0 Å². The van der Waals surface area contributed by atoms with E-state index in [0.717, 1.165) is 5.92 Å². The summed E-state index contributed by atoms with van der Waals surface area (Å²) in [6.07, 6.45) is 8.89. The van der Waals surface area contributed by atoms with Gasteiger partial charge in [0.15, 0.2) is 0 Å². The normalized spacial score (nSPS) is 10.7. The third-order valence-corrected chi connectivity index (χ3v) is 2.75. The zero-order valence-corrected chi connectivity index (χ0v) is 8.66. The lowest BCUT2D eigenvalue weighted by Gasteiger charge is -2.11. The summed E-state index contributed by atoms with van der Waals surface area (Å²) in [6, 6.07) is 4.23. The molecule has 0 aromatic carbocycles. The summed E-state index contributed by atoms with van der Waals surface area (Å²) >= 11 is 0. The Morgan fingerprint density at radius 2 is 1.77 bits per heavy atom. The first kappa shape index (κ1) is 10.2. The van der Waals surface area contributed by atoms with Crippen molar-refractivity contribution in [3.05, 3.63) is 30.1 Å². The number of hydrogen-bond acceptors (Lipinski definition) is 1. The number of aromatic nitrogens is 1. The molecule has 0 fully saturated rings. The van der Waals surface area contributed by atoms with Gasteiger partial charge in [0.25, 0.3) is 0 Å². The first-order chi connectivity index (χ1) is 6.36. The molecule has 1 nitrogen and oxygen atoms in total. The highest BCUT2D eigenvalue weighted by atomic mass is 14.6. The van der Waals surface area contributed by atoms with Crippen LogP contribution in [0.25, 0.3) is 0 Å². The highest BCUT2D eigenvalue weighted by molar-refractivity contribution is 5.09. The topological polar surface area (TPSA) is 12.9 Å². The minimum atomic E-state index is 0.896. The van der Waals surface area contributed by atoms with E-state index >= 15 is 0 Å². The molecular formula is C12H19N. The smallest absolute Gasteiger partial charge is 0.0270 e. The fourth-order valence-corrected chi connectivity index (χ4v) is 1.62. The molecule has 0 amide bonds. The van der Waals surface area contributed by atoms with E-state index < -0.39 is 0 Å². The molecule has 0 atom stereocenters. The third kappa shape index (κ3) is 3.58. The number of hydrogen-bond donors (Lipinski definition) is 0. The predicted octanol–water partition coefficient (Wildman–Crippen LogP) is 3.45. The van der Waals surface area contributed by atoms with Crippen molar-refractivity contribution >= 4 is 0 Å². The quantitative estimate of drug-likeness (QED) is 0.671. The van der Waals surface area contributed by atoms with Crippen LogP contribution in [-0.4, -0.2) is 4.98 Å². The maximum Gasteiger partial charge on any atom is 0.0270 e. The Kier molecular flexibility index (Phi) is 4.52. The molecule has 0 N–H and O–H groups in total. The molecule has 1 aromatic heterocycles. The second kappa shape index (κ2) is 5.74. The Balaban J connectivity index is 2.34. The van der Waals surface area contributed by atoms with Crippen LogP contribution in [0.1, 0.15) is 38.7 Å². The van der Waals surface area contributed by atoms with Crippen LogP contribution in [0, 0.1) is 5.92 Å². The van der Waals surface area contributed by atoms with Gasteiger partial charge in [0.1, 0.15) is 0 Å². The van der Waals surface area contributed by atoms with Crippen molar-refractivity contribution in [1.29, 1.82) is 0 Å². The average molecular weight is 177 g/mol. The molecule has 0 aliphatic heterocycles. The summed E-state index contributed by atoms with van der Waals surface area (Å²) in [6.45, 7) is 4.56. The Morgan fingerprint density at radius 1 is 1.15 bits per heavy atom. The van der Waals surface area contributed by atoms with E-state index in [2.05, 4.69) is 31.0 Å². The fraction of sp³-hybridized carbons (Fsp3) is 0.583. The summed E-state index contributed by atoms with van der Waals surface area (Å²) < 4.78 is 0. The van der Waals surface area contributed by atoms with Crippen molar-refractivity contribution in [1.82, 2.24) is 4.98 Å². The van der Waals surface area contributed by atoms with E-state index in [1.165, 1.54) is 31.2 Å². The lowest BCUT2D eigenvalue weighted by Crippen LogP contribution is -1.99. The van der Waals surface area contributed by atoms with E-state index in [-0.39, 0.29) is 0 Å². The predicted molar refractivity (Wildman–Crippen MR) is 56.6 cm³/mol. The molecule has 0 saturated carbocycles. The van der Waals surface area contributed by atoms with Gasteiger partial charge in [0.05, 0.1) is 0 Å². The Morgan fingerprint density at radius 3 is 2.31 bits per heavy atom. The van der Waals surface area contributed by atoms with Gasteiger partial charge in [0.2, 0.25) is 0 Å². The van der Waals surface area contributed by atoms with Gasteiger partial charge in [-0.15, -0.1) is 0 Å². The van der Waals surface area contributed by atoms with Gasteiger partial charge < -0.3 is 0 Å². The van der Waals surface area contributed by atoms with Gasteiger partial charge in [-0.05, 0) is 36.5 Å². The second-order valence-electron chi connectivity index (χ2n) is 3.58. The minimum absolute atomic E-state index is 0.896. The molecule has 1 heteroatoms. The first-order valence-corrected chi connectivity index (χ1v) is 5.25. The van der Waals surface area contributed by atoms with Crippen molar-refractivity contribution < 1.29 is 0 Å². The van der Waals surface area contributed by atoms with Crippen molar-refractivity contribution in [2.45, 2.75) is 39.5 Å². The maximum atomic E-state index is 4.01. The largest absolute Gasteiger partial charge is 0.265 e. The van der Waals surface area contributed by atoms with Gasteiger partial charge in [-0.25, -0.2) is 0 Å². The third-order valence-electron chi connectivity index (χ3n) is 2.75. The molecular weight excluding hydrogens is 158 g/mol. The van der Waals surface area contributed by atoms with Crippen LogP contribution in [0.15, 0.2) is 24.5 Å². The van der Waals surface area contributed by atoms with E-state index in [1.807, 2.05) is 12.4 Å². The molecule has 0 aliphatic carbocycles. The van der Waals surface area contributed by atoms with E-state index in [0.29, 0.717) is 0 Å². The summed E-state index contributed by atoms with van der Waals surface area (Å²) in [7, 11) is 0. The lowest BCUT2D eigenvalue weighted by atomic mass is 9.95. The Hall–Kier alpha value is -0.850. The number of pyridine rings is 1. The maximum absolute atomic E-state index is 4.01. The standard InChI is InChI=1S/C12H19N/c1-3-11(4-2)5-6-12-7-9-13-10-8-12/h7-11H,3-6H2,1-2H3. The van der Waals surface area contributed by atoms with Crippen LogP contribution in [0.4, 0.5) is 0 Å². The zero-order chi connectivity index (χ0) is 9.52. The van der Waals surface area contributed by atoms with Crippen LogP contribution < -0.4 is 0 Å². The monoisotopic (exact) mass is 177 g/mol. The van der Waals surface area contributed by atoms with Crippen molar-refractivity contribution in [2.75, 3.05) is 0 Å². The minimum Gasteiger partial charge on any atom is -0.265 e. The van der Waals surface area contributed by atoms with Crippen molar-refractivity contribution in [3.8, 4) is 0 Å². The number of aryl methyl sites for hydroxylation is 1. The van der Waals surface area contributed by atoms with E-state index in [9.17, 15) is 0 Å². The van der Waals surface area contributed by atoms with Gasteiger partial charge in [-0.2, -0.15) is 0 Å². The van der Waals surface area contributed by atoms with Gasteiger partial charge in [0, 0.05) is 12.4 Å². The second-order valence-corrected chi connectivity index (χ2v) is 3.58. The molecule has 0 saturated heterocycles. The molecule has 0 unspecified atom stereocenters. The lowest BCUT2D eigenvalue weighted by molar-refractivity contribution is 0.456. The summed E-state index contributed by atoms with van der Waals surface area (Å²) in [5.74, 6) is 0.896. The molecule has 72 valence electrons. The van der Waals surface area contributed by atoms with Gasteiger partial charge >= 0.3 is 0 Å². The van der Waals surface area contributed by atoms with Crippen molar-refractivity contribution in [2.24, 2.45) is 5.92 Å². The molecule has 0 spiro atoms. The van der Waals surface area contributed by atoms with Gasteiger partial charge in [-0.3, -0.25) is 4.98 Å². The average Bonchev–Trinajstić information content (AvgIpc) is 2.21. The SMILES string of the molecule is CCC(CC)CCc1ccncc1. The Labute approximate surface area is 81.2 Å². The van der Waals surface area contributed by atoms with Crippen LogP contribution in [0.5, 0.6) is 0 Å². The molecule has 0 bridgehead atoms. The number of rotatable bonds is 5. The molecule has 13 heavy (non-hydrogen) atoms. The van der Waals surface area contributed by atoms with Crippen LogP contribution in [-0.2, 0) is 6.42 Å². The number of nitrogens with zero attached hydrogens (tertiary/aromatic N) is 1. The fourth-order valence-electron chi connectivity index (χ4n) is 1.62. The Bertz CT molecular complexity index is 214. The summed E-state index contributed by atoms with van der Waals surface area (Å²) in [5.41, 5.74) is 1.42. The van der Waals surface area contributed by atoms with Crippen LogP contribution in [0.3, 0.4) is 0 Å². The zero-order valence-electron chi connectivity index (χ0n) is 8.66. The molecule has 1 heterocycles. The summed E-state index contributed by atoms with van der Waals surface area (Å²) in [4.78, 5) is 4.01.